The Morgan fingerprint density at radius 1 is 1.16 bits per heavy atom. The fourth-order valence-electron chi connectivity index (χ4n) is 2.88. The minimum absolute atomic E-state index is 0.0327. The number of nitrogens with zero attached hydrogens (tertiary/aromatic N) is 3. The van der Waals surface area contributed by atoms with Gasteiger partial charge in [0.2, 0.25) is 0 Å². The molecule has 0 radical (unpaired) electrons. The van der Waals surface area contributed by atoms with Crippen LogP contribution in [0.5, 0.6) is 17.5 Å². The van der Waals surface area contributed by atoms with Crippen LogP contribution < -0.4 is 9.47 Å². The molecule has 0 atom stereocenters. The van der Waals surface area contributed by atoms with Crippen LogP contribution in [0, 0.1) is 24.0 Å². The van der Waals surface area contributed by atoms with E-state index < -0.39 is 21.5 Å². The molecule has 0 spiro atoms. The van der Waals surface area contributed by atoms with Gasteiger partial charge in [0.25, 0.3) is 0 Å². The standard InChI is InChI=1S/C21H14F2N4O4S/c1-3-8-30-17-7-5-13(32(2,28)29)10-14(17)19-15-11-24-21(25-20(15)27-26-19)31-18-6-4-12(22)9-16(18)23/h1,4-7,9-11H,8H2,2H3,(H,24,25,26,27). The van der Waals surface area contributed by atoms with Gasteiger partial charge in [0.1, 0.15) is 18.2 Å². The normalized spacial score (nSPS) is 11.3. The quantitative estimate of drug-likeness (QED) is 0.443. The Kier molecular flexibility index (Phi) is 5.46. The molecule has 0 aliphatic rings. The van der Waals surface area contributed by atoms with E-state index in [9.17, 15) is 17.2 Å². The SMILES string of the molecule is C#CCOc1ccc(S(C)(=O)=O)cc1-c1[nH]nc2nc(Oc3ccc(F)cc3F)ncc12. The Bertz CT molecular complexity index is 1480. The Morgan fingerprint density at radius 3 is 2.66 bits per heavy atom. The second kappa shape index (κ2) is 8.24. The first-order chi connectivity index (χ1) is 15.3. The van der Waals surface area contributed by atoms with Gasteiger partial charge in [-0.1, -0.05) is 5.92 Å². The lowest BCUT2D eigenvalue weighted by molar-refractivity contribution is 0.371. The van der Waals surface area contributed by atoms with Gasteiger partial charge in [-0.25, -0.2) is 22.2 Å². The summed E-state index contributed by atoms with van der Waals surface area (Å²) in [7, 11) is -3.50. The van der Waals surface area contributed by atoms with Gasteiger partial charge < -0.3 is 9.47 Å². The fourth-order valence-corrected chi connectivity index (χ4v) is 3.53. The Morgan fingerprint density at radius 2 is 1.94 bits per heavy atom. The van der Waals surface area contributed by atoms with E-state index in [2.05, 4.69) is 26.1 Å². The van der Waals surface area contributed by atoms with Gasteiger partial charge >= 0.3 is 6.01 Å². The highest BCUT2D eigenvalue weighted by molar-refractivity contribution is 7.90. The molecule has 0 fully saturated rings. The maximum absolute atomic E-state index is 13.8. The molecule has 0 aliphatic heterocycles. The number of hydrogen-bond acceptors (Lipinski definition) is 7. The number of sulfone groups is 1. The lowest BCUT2D eigenvalue weighted by Crippen LogP contribution is -2.01. The highest BCUT2D eigenvalue weighted by atomic mass is 32.2. The predicted molar refractivity (Wildman–Crippen MR) is 111 cm³/mol. The maximum atomic E-state index is 13.8. The maximum Gasteiger partial charge on any atom is 0.324 e. The zero-order valence-corrected chi connectivity index (χ0v) is 17.3. The van der Waals surface area contributed by atoms with Crippen LogP contribution >= 0.6 is 0 Å². The first kappa shape index (κ1) is 21.2. The predicted octanol–water partition coefficient (Wildman–Crippen LogP) is 3.51. The summed E-state index contributed by atoms with van der Waals surface area (Å²) in [5.74, 6) is 0.758. The van der Waals surface area contributed by atoms with Crippen molar-refractivity contribution in [2.45, 2.75) is 4.90 Å². The smallest absolute Gasteiger partial charge is 0.324 e. The Hall–Kier alpha value is -4.04. The highest BCUT2D eigenvalue weighted by Gasteiger charge is 2.19. The Balaban J connectivity index is 1.76. The van der Waals surface area contributed by atoms with Crippen molar-refractivity contribution in [1.82, 2.24) is 20.2 Å². The van der Waals surface area contributed by atoms with Crippen molar-refractivity contribution in [2.24, 2.45) is 0 Å². The first-order valence-electron chi connectivity index (χ1n) is 9.01. The van der Waals surface area contributed by atoms with E-state index in [1.54, 1.807) is 0 Å². The summed E-state index contributed by atoms with van der Waals surface area (Å²) < 4.78 is 61.8. The highest BCUT2D eigenvalue weighted by Crippen LogP contribution is 2.35. The summed E-state index contributed by atoms with van der Waals surface area (Å²) in [6, 6.07) is 6.93. The molecule has 11 heteroatoms. The zero-order chi connectivity index (χ0) is 22.9. The van der Waals surface area contributed by atoms with Crippen LogP contribution in [0.15, 0.2) is 47.5 Å². The van der Waals surface area contributed by atoms with E-state index in [1.807, 2.05) is 0 Å². The topological polar surface area (TPSA) is 107 Å². The molecule has 0 aliphatic carbocycles. The monoisotopic (exact) mass is 456 g/mol. The van der Waals surface area contributed by atoms with Crippen molar-refractivity contribution in [2.75, 3.05) is 12.9 Å². The summed E-state index contributed by atoms with van der Waals surface area (Å²) in [6.45, 7) is -0.0327. The average molecular weight is 456 g/mol. The molecule has 0 unspecified atom stereocenters. The second-order valence-corrected chi connectivity index (χ2v) is 8.60. The van der Waals surface area contributed by atoms with Crippen molar-refractivity contribution in [3.05, 3.63) is 54.2 Å². The first-order valence-corrected chi connectivity index (χ1v) is 10.9. The van der Waals surface area contributed by atoms with Crippen LogP contribution in [0.25, 0.3) is 22.3 Å². The molecule has 0 saturated heterocycles. The lowest BCUT2D eigenvalue weighted by atomic mass is 10.1. The number of halogens is 2. The van der Waals surface area contributed by atoms with Gasteiger partial charge in [0.15, 0.2) is 27.1 Å². The Labute approximate surface area is 181 Å². The summed E-state index contributed by atoms with van der Waals surface area (Å²) in [6.07, 6.45) is 7.72. The van der Waals surface area contributed by atoms with Crippen molar-refractivity contribution in [3.8, 4) is 41.1 Å². The molecule has 4 rings (SSSR count). The minimum Gasteiger partial charge on any atom is -0.480 e. The molecule has 2 aromatic heterocycles. The number of terminal acetylenes is 1. The summed E-state index contributed by atoms with van der Waals surface area (Å²) in [5, 5.41) is 7.29. The number of H-pyrrole nitrogens is 1. The number of rotatable bonds is 6. The van der Waals surface area contributed by atoms with Crippen LogP contribution in [0.3, 0.4) is 0 Å². The molecule has 1 N–H and O–H groups in total. The van der Waals surface area contributed by atoms with E-state index in [0.29, 0.717) is 28.5 Å². The number of benzene rings is 2. The van der Waals surface area contributed by atoms with E-state index in [0.717, 1.165) is 18.4 Å². The van der Waals surface area contributed by atoms with E-state index >= 15 is 0 Å². The third-order valence-corrected chi connectivity index (χ3v) is 5.45. The molecule has 8 nitrogen and oxygen atoms in total. The van der Waals surface area contributed by atoms with Crippen LogP contribution in [0.4, 0.5) is 8.78 Å². The van der Waals surface area contributed by atoms with Gasteiger partial charge in [0.05, 0.1) is 16.0 Å². The average Bonchev–Trinajstić information content (AvgIpc) is 3.16. The van der Waals surface area contributed by atoms with Crippen molar-refractivity contribution in [1.29, 1.82) is 0 Å². The van der Waals surface area contributed by atoms with Gasteiger partial charge in [-0.3, -0.25) is 5.10 Å². The molecule has 4 aromatic rings. The van der Waals surface area contributed by atoms with Gasteiger partial charge in [-0.15, -0.1) is 6.42 Å². The van der Waals surface area contributed by atoms with E-state index in [4.69, 9.17) is 15.9 Å². The van der Waals surface area contributed by atoms with Crippen LogP contribution in [0.1, 0.15) is 0 Å². The minimum atomic E-state index is -3.50. The summed E-state index contributed by atoms with van der Waals surface area (Å²) >= 11 is 0. The van der Waals surface area contributed by atoms with Gasteiger partial charge in [0, 0.05) is 24.1 Å². The number of hydrogen-bond donors (Lipinski definition) is 1. The van der Waals surface area contributed by atoms with Crippen molar-refractivity contribution < 1.29 is 26.7 Å². The zero-order valence-electron chi connectivity index (χ0n) is 16.5. The summed E-state index contributed by atoms with van der Waals surface area (Å²) in [5.41, 5.74) is 0.935. The fraction of sp³-hybridized carbons (Fsp3) is 0.0952. The van der Waals surface area contributed by atoms with Crippen LogP contribution in [-0.2, 0) is 9.84 Å². The van der Waals surface area contributed by atoms with Gasteiger partial charge in [-0.2, -0.15) is 10.1 Å². The number of aromatic amines is 1. The number of aromatic nitrogens is 4. The largest absolute Gasteiger partial charge is 0.480 e. The summed E-state index contributed by atoms with van der Waals surface area (Å²) in [4.78, 5) is 8.22. The van der Waals surface area contributed by atoms with Crippen LogP contribution in [0.2, 0.25) is 0 Å². The molecule has 32 heavy (non-hydrogen) atoms. The van der Waals surface area contributed by atoms with Gasteiger partial charge in [-0.05, 0) is 30.3 Å². The number of fused-ring (bicyclic) bond motifs is 1. The molecule has 0 saturated carbocycles. The van der Waals surface area contributed by atoms with E-state index in [-0.39, 0.29) is 28.9 Å². The van der Waals surface area contributed by atoms with Crippen molar-refractivity contribution in [3.63, 3.8) is 0 Å². The van der Waals surface area contributed by atoms with Crippen molar-refractivity contribution >= 4 is 20.9 Å². The number of ether oxygens (including phenoxy) is 2. The van der Waals surface area contributed by atoms with E-state index in [1.165, 1.54) is 24.4 Å². The third-order valence-electron chi connectivity index (χ3n) is 4.34. The molecular weight excluding hydrogens is 442 g/mol. The lowest BCUT2D eigenvalue weighted by Gasteiger charge is -2.10. The van der Waals surface area contributed by atoms with Crippen LogP contribution in [-0.4, -0.2) is 41.4 Å². The molecule has 2 heterocycles. The second-order valence-electron chi connectivity index (χ2n) is 6.59. The molecule has 0 bridgehead atoms. The third kappa shape index (κ3) is 4.21. The molecular formula is C21H14F2N4O4S. The molecule has 162 valence electrons. The molecule has 2 aromatic carbocycles. The molecule has 0 amide bonds. The number of nitrogens with one attached hydrogen (secondary N) is 1.